The van der Waals surface area contributed by atoms with Gasteiger partial charge in [0.1, 0.15) is 6.04 Å². The van der Waals surface area contributed by atoms with Gasteiger partial charge in [-0.25, -0.2) is 4.79 Å². The van der Waals surface area contributed by atoms with E-state index in [1.54, 1.807) is 0 Å². The van der Waals surface area contributed by atoms with Crippen LogP contribution in [-0.4, -0.2) is 52.4 Å². The zero-order chi connectivity index (χ0) is 14.9. The molecule has 4 amide bonds. The van der Waals surface area contributed by atoms with Crippen molar-refractivity contribution in [2.75, 3.05) is 7.05 Å². The lowest BCUT2D eigenvalue weighted by atomic mass is 9.74. The minimum Gasteiger partial charge on any atom is -0.481 e. The lowest BCUT2D eigenvalue weighted by molar-refractivity contribution is -0.140. The monoisotopic (exact) mass is 283 g/mol. The van der Waals surface area contributed by atoms with Crippen molar-refractivity contribution in [1.82, 2.24) is 15.5 Å². The van der Waals surface area contributed by atoms with E-state index in [1.165, 1.54) is 7.05 Å². The largest absolute Gasteiger partial charge is 0.481 e. The Morgan fingerprint density at radius 2 is 2.05 bits per heavy atom. The van der Waals surface area contributed by atoms with Crippen LogP contribution in [0.15, 0.2) is 0 Å². The standard InChI is InChI=1S/C12H17N3O5/c1-15-8(16)5-7(10(15)19)13-11(20)14-12(3-2-4-12)6-9(17)18/h7H,2-6H2,1H3,(H,17,18)(H2,13,14,20). The van der Waals surface area contributed by atoms with Crippen LogP contribution in [0.5, 0.6) is 0 Å². The number of nitrogens with zero attached hydrogens (tertiary/aromatic N) is 1. The summed E-state index contributed by atoms with van der Waals surface area (Å²) < 4.78 is 0. The van der Waals surface area contributed by atoms with E-state index in [2.05, 4.69) is 10.6 Å². The molecule has 1 unspecified atom stereocenters. The number of likely N-dealkylation sites (tertiary alicyclic amines) is 1. The predicted octanol–water partition coefficient (Wildman–Crippen LogP) is -0.560. The summed E-state index contributed by atoms with van der Waals surface area (Å²) in [7, 11) is 1.36. The van der Waals surface area contributed by atoms with E-state index in [0.717, 1.165) is 11.3 Å². The Kier molecular flexibility index (Phi) is 3.65. The van der Waals surface area contributed by atoms with E-state index >= 15 is 0 Å². The highest BCUT2D eigenvalue weighted by Gasteiger charge is 2.42. The van der Waals surface area contributed by atoms with Crippen molar-refractivity contribution in [3.05, 3.63) is 0 Å². The molecule has 1 heterocycles. The number of imide groups is 1. The van der Waals surface area contributed by atoms with Crippen molar-refractivity contribution in [3.8, 4) is 0 Å². The van der Waals surface area contributed by atoms with Gasteiger partial charge >= 0.3 is 12.0 Å². The maximum atomic E-state index is 11.9. The summed E-state index contributed by atoms with van der Waals surface area (Å²) in [6, 6.07) is -1.47. The molecule has 0 aromatic rings. The van der Waals surface area contributed by atoms with Crippen molar-refractivity contribution < 1.29 is 24.3 Å². The first-order valence-electron chi connectivity index (χ1n) is 6.44. The fraction of sp³-hybridized carbons (Fsp3) is 0.667. The summed E-state index contributed by atoms with van der Waals surface area (Å²) in [5.41, 5.74) is -0.729. The lowest BCUT2D eigenvalue weighted by Gasteiger charge is -2.41. The van der Waals surface area contributed by atoms with Crippen LogP contribution in [-0.2, 0) is 14.4 Å². The number of hydrogen-bond acceptors (Lipinski definition) is 4. The normalized spacial score (nSPS) is 24.2. The number of nitrogens with one attached hydrogen (secondary N) is 2. The summed E-state index contributed by atoms with van der Waals surface area (Å²) in [5, 5.41) is 13.9. The van der Waals surface area contributed by atoms with Gasteiger partial charge in [0.15, 0.2) is 0 Å². The summed E-state index contributed by atoms with van der Waals surface area (Å²) >= 11 is 0. The lowest BCUT2D eigenvalue weighted by Crippen LogP contribution is -2.59. The Balaban J connectivity index is 1.91. The van der Waals surface area contributed by atoms with Crippen LogP contribution in [0.4, 0.5) is 4.79 Å². The average Bonchev–Trinajstić information content (AvgIpc) is 2.53. The van der Waals surface area contributed by atoms with Crippen LogP contribution in [0.3, 0.4) is 0 Å². The third-order valence-electron chi connectivity index (χ3n) is 3.87. The van der Waals surface area contributed by atoms with Gasteiger partial charge in [-0.3, -0.25) is 19.3 Å². The maximum Gasteiger partial charge on any atom is 0.315 e. The number of carboxylic acids is 1. The molecule has 110 valence electrons. The van der Waals surface area contributed by atoms with Gasteiger partial charge in [0.2, 0.25) is 5.91 Å². The number of urea groups is 1. The summed E-state index contributed by atoms with van der Waals surface area (Å²) in [5.74, 6) is -1.77. The molecule has 1 atom stereocenters. The van der Waals surface area contributed by atoms with Crippen LogP contribution in [0, 0.1) is 0 Å². The Labute approximate surface area is 115 Å². The summed E-state index contributed by atoms with van der Waals surface area (Å²) in [6.07, 6.45) is 1.86. The highest BCUT2D eigenvalue weighted by Crippen LogP contribution is 2.34. The van der Waals surface area contributed by atoms with E-state index in [1.807, 2.05) is 0 Å². The topological polar surface area (TPSA) is 116 Å². The molecule has 0 aromatic carbocycles. The average molecular weight is 283 g/mol. The highest BCUT2D eigenvalue weighted by molar-refractivity contribution is 6.06. The molecule has 1 saturated heterocycles. The molecule has 0 bridgehead atoms. The molecule has 3 N–H and O–H groups in total. The fourth-order valence-corrected chi connectivity index (χ4v) is 2.54. The third-order valence-corrected chi connectivity index (χ3v) is 3.87. The minimum absolute atomic E-state index is 0.0608. The van der Waals surface area contributed by atoms with Crippen LogP contribution < -0.4 is 10.6 Å². The van der Waals surface area contributed by atoms with Crippen molar-refractivity contribution in [2.24, 2.45) is 0 Å². The molecule has 0 spiro atoms. The zero-order valence-electron chi connectivity index (χ0n) is 11.1. The van der Waals surface area contributed by atoms with Gasteiger partial charge in [-0.05, 0) is 19.3 Å². The van der Waals surface area contributed by atoms with Crippen LogP contribution in [0.2, 0.25) is 0 Å². The first kappa shape index (κ1) is 14.3. The van der Waals surface area contributed by atoms with Gasteiger partial charge in [0.25, 0.3) is 5.91 Å². The van der Waals surface area contributed by atoms with E-state index in [-0.39, 0.29) is 18.7 Å². The predicted molar refractivity (Wildman–Crippen MR) is 66.7 cm³/mol. The van der Waals surface area contributed by atoms with Gasteiger partial charge < -0.3 is 15.7 Å². The number of likely N-dealkylation sites (N-methyl/N-ethyl adjacent to an activating group) is 1. The molecule has 20 heavy (non-hydrogen) atoms. The molecule has 0 aromatic heterocycles. The molecule has 0 radical (unpaired) electrons. The van der Waals surface area contributed by atoms with E-state index in [0.29, 0.717) is 12.8 Å². The molecule has 2 rings (SSSR count). The van der Waals surface area contributed by atoms with Crippen LogP contribution in [0.25, 0.3) is 0 Å². The second-order valence-corrected chi connectivity index (χ2v) is 5.35. The van der Waals surface area contributed by atoms with Gasteiger partial charge in [0.05, 0.1) is 18.4 Å². The number of aliphatic carboxylic acids is 1. The number of carboxylic acid groups (broad SMARTS) is 1. The molecule has 1 aliphatic carbocycles. The molecule has 2 aliphatic rings. The van der Waals surface area contributed by atoms with E-state index < -0.39 is 29.5 Å². The quantitative estimate of drug-likeness (QED) is 0.598. The smallest absolute Gasteiger partial charge is 0.315 e. The van der Waals surface area contributed by atoms with E-state index in [4.69, 9.17) is 5.11 Å². The first-order valence-corrected chi connectivity index (χ1v) is 6.44. The van der Waals surface area contributed by atoms with Crippen LogP contribution in [0.1, 0.15) is 32.1 Å². The highest BCUT2D eigenvalue weighted by atomic mass is 16.4. The van der Waals surface area contributed by atoms with Crippen molar-refractivity contribution in [3.63, 3.8) is 0 Å². The molecular weight excluding hydrogens is 266 g/mol. The second kappa shape index (κ2) is 5.10. The number of carbonyl (C=O) groups excluding carboxylic acids is 3. The van der Waals surface area contributed by atoms with Crippen molar-refractivity contribution >= 4 is 23.8 Å². The third kappa shape index (κ3) is 2.73. The number of hydrogen-bond donors (Lipinski definition) is 3. The summed E-state index contributed by atoms with van der Waals surface area (Å²) in [6.45, 7) is 0. The van der Waals surface area contributed by atoms with Gasteiger partial charge in [-0.1, -0.05) is 0 Å². The number of amides is 4. The SMILES string of the molecule is CN1C(=O)CC(NC(=O)NC2(CC(=O)O)CCC2)C1=O. The van der Waals surface area contributed by atoms with Crippen LogP contribution >= 0.6 is 0 Å². The van der Waals surface area contributed by atoms with Gasteiger partial charge in [-0.15, -0.1) is 0 Å². The first-order chi connectivity index (χ1) is 9.33. The van der Waals surface area contributed by atoms with Crippen molar-refractivity contribution in [1.29, 1.82) is 0 Å². The van der Waals surface area contributed by atoms with Gasteiger partial charge in [-0.2, -0.15) is 0 Å². The molecule has 2 fully saturated rings. The Hall–Kier alpha value is -2.12. The molecule has 8 nitrogen and oxygen atoms in total. The Bertz CT molecular complexity index is 472. The van der Waals surface area contributed by atoms with Gasteiger partial charge in [0, 0.05) is 7.05 Å². The molecule has 1 aliphatic heterocycles. The Morgan fingerprint density at radius 3 is 2.45 bits per heavy atom. The number of carbonyl (C=O) groups is 4. The molecule has 8 heteroatoms. The number of rotatable bonds is 4. The molecule has 1 saturated carbocycles. The Morgan fingerprint density at radius 1 is 1.40 bits per heavy atom. The second-order valence-electron chi connectivity index (χ2n) is 5.35. The maximum absolute atomic E-state index is 11.9. The molecular formula is C12H17N3O5. The minimum atomic E-state index is -0.975. The summed E-state index contributed by atoms with van der Waals surface area (Å²) in [4.78, 5) is 46.6. The fourth-order valence-electron chi connectivity index (χ4n) is 2.54. The zero-order valence-corrected chi connectivity index (χ0v) is 11.1. The van der Waals surface area contributed by atoms with Crippen molar-refractivity contribution in [2.45, 2.75) is 43.7 Å². The van der Waals surface area contributed by atoms with E-state index in [9.17, 15) is 19.2 Å².